The molecule has 1 heterocycles. The van der Waals surface area contributed by atoms with E-state index in [0.717, 1.165) is 19.4 Å². The highest BCUT2D eigenvalue weighted by Gasteiger charge is 2.36. The third-order valence-electron chi connectivity index (χ3n) is 6.02. The fraction of sp³-hybridized carbons (Fsp3) is 0.941. The second kappa shape index (κ2) is 5.95. The van der Waals surface area contributed by atoms with Gasteiger partial charge < -0.3 is 0 Å². The number of hydrogen-bond donors (Lipinski definition) is 0. The molecule has 1 saturated heterocycles. The predicted molar refractivity (Wildman–Crippen MR) is 78.2 cm³/mol. The van der Waals surface area contributed by atoms with Crippen molar-refractivity contribution in [2.45, 2.75) is 70.6 Å². The summed E-state index contributed by atoms with van der Waals surface area (Å²) in [6, 6.07) is 0. The molecule has 0 aromatic carbocycles. The molecule has 0 bridgehead atoms. The van der Waals surface area contributed by atoms with Crippen LogP contribution in [0.5, 0.6) is 0 Å². The maximum atomic E-state index is 12.2. The lowest BCUT2D eigenvalue weighted by atomic mass is 9.68. The van der Waals surface area contributed by atoms with Crippen LogP contribution >= 0.6 is 0 Å². The first-order valence-electron chi connectivity index (χ1n) is 8.53. The summed E-state index contributed by atoms with van der Waals surface area (Å²) in [6.07, 6.45) is 14.8. The molecule has 0 aromatic heterocycles. The molecule has 1 spiro atoms. The number of Topliss-reactive ketones (excluding diaryl/α,β-unsaturated/α-hetero) is 1. The highest BCUT2D eigenvalue weighted by Crippen LogP contribution is 2.44. The molecule has 108 valence electrons. The van der Waals surface area contributed by atoms with Gasteiger partial charge >= 0.3 is 0 Å². The van der Waals surface area contributed by atoms with Crippen molar-refractivity contribution in [3.05, 3.63) is 0 Å². The van der Waals surface area contributed by atoms with Gasteiger partial charge in [0.15, 0.2) is 0 Å². The quantitative estimate of drug-likeness (QED) is 0.772. The van der Waals surface area contributed by atoms with Crippen LogP contribution in [0.15, 0.2) is 0 Å². The molecule has 0 N–H and O–H groups in total. The average molecular weight is 263 g/mol. The first-order chi connectivity index (χ1) is 9.27. The van der Waals surface area contributed by atoms with Crippen LogP contribution in [0.2, 0.25) is 0 Å². The van der Waals surface area contributed by atoms with Crippen molar-refractivity contribution in [3.63, 3.8) is 0 Å². The number of rotatable bonds is 3. The third kappa shape index (κ3) is 3.21. The standard InChI is InChI=1S/C17H29NO/c19-16(15-6-2-3-7-15)14-18-12-10-17(11-13-18)8-4-1-5-9-17/h15H,1-14H2. The van der Waals surface area contributed by atoms with Gasteiger partial charge in [0.25, 0.3) is 0 Å². The van der Waals surface area contributed by atoms with Crippen LogP contribution in [0.3, 0.4) is 0 Å². The van der Waals surface area contributed by atoms with Crippen LogP contribution in [-0.4, -0.2) is 30.3 Å². The number of carbonyl (C=O) groups is 1. The van der Waals surface area contributed by atoms with E-state index in [4.69, 9.17) is 0 Å². The topological polar surface area (TPSA) is 20.3 Å². The first kappa shape index (κ1) is 13.6. The van der Waals surface area contributed by atoms with Crippen molar-refractivity contribution >= 4 is 5.78 Å². The van der Waals surface area contributed by atoms with Crippen molar-refractivity contribution in [3.8, 4) is 0 Å². The van der Waals surface area contributed by atoms with E-state index in [9.17, 15) is 4.79 Å². The molecule has 0 radical (unpaired) electrons. The molecule has 2 nitrogen and oxygen atoms in total. The van der Waals surface area contributed by atoms with Gasteiger partial charge in [-0.1, -0.05) is 32.1 Å². The number of carbonyl (C=O) groups excluding carboxylic acids is 1. The second-order valence-corrected chi connectivity index (χ2v) is 7.28. The number of hydrogen-bond acceptors (Lipinski definition) is 2. The summed E-state index contributed by atoms with van der Waals surface area (Å²) < 4.78 is 0. The Balaban J connectivity index is 1.46. The van der Waals surface area contributed by atoms with Gasteiger partial charge in [0.05, 0.1) is 6.54 Å². The molecule has 0 unspecified atom stereocenters. The van der Waals surface area contributed by atoms with Crippen molar-refractivity contribution < 1.29 is 4.79 Å². The van der Waals surface area contributed by atoms with Gasteiger partial charge in [-0.3, -0.25) is 9.69 Å². The lowest BCUT2D eigenvalue weighted by molar-refractivity contribution is -0.124. The molecule has 3 rings (SSSR count). The van der Waals surface area contributed by atoms with E-state index in [0.29, 0.717) is 17.1 Å². The SMILES string of the molecule is O=C(CN1CCC2(CCCCC2)CC1)C1CCCC1. The lowest BCUT2D eigenvalue weighted by Gasteiger charge is -2.44. The minimum Gasteiger partial charge on any atom is -0.298 e. The summed E-state index contributed by atoms with van der Waals surface area (Å²) in [5, 5.41) is 0. The molecular weight excluding hydrogens is 234 g/mol. The van der Waals surface area contributed by atoms with E-state index in [1.807, 2.05) is 0 Å². The van der Waals surface area contributed by atoms with Crippen molar-refractivity contribution in [1.82, 2.24) is 4.90 Å². The third-order valence-corrected chi connectivity index (χ3v) is 6.02. The molecule has 0 atom stereocenters. The predicted octanol–water partition coefficient (Wildman–Crippen LogP) is 3.79. The van der Waals surface area contributed by atoms with Crippen molar-refractivity contribution in [2.75, 3.05) is 19.6 Å². The van der Waals surface area contributed by atoms with E-state index in [-0.39, 0.29) is 0 Å². The Bertz CT molecular complexity index is 303. The maximum absolute atomic E-state index is 12.2. The van der Waals surface area contributed by atoms with Gasteiger partial charge in [0.2, 0.25) is 0 Å². The van der Waals surface area contributed by atoms with E-state index < -0.39 is 0 Å². The van der Waals surface area contributed by atoms with Crippen LogP contribution in [-0.2, 0) is 4.79 Å². The Hall–Kier alpha value is -0.370. The van der Waals surface area contributed by atoms with Gasteiger partial charge in [0.1, 0.15) is 5.78 Å². The van der Waals surface area contributed by atoms with E-state index >= 15 is 0 Å². The Labute approximate surface area is 117 Å². The zero-order chi connectivity index (χ0) is 13.1. The molecular formula is C17H29NO. The van der Waals surface area contributed by atoms with E-state index in [2.05, 4.69) is 4.90 Å². The average Bonchev–Trinajstić information content (AvgIpc) is 2.97. The smallest absolute Gasteiger partial charge is 0.149 e. The summed E-state index contributed by atoms with van der Waals surface area (Å²) >= 11 is 0. The minimum absolute atomic E-state index is 0.408. The largest absolute Gasteiger partial charge is 0.298 e. The van der Waals surface area contributed by atoms with E-state index in [1.54, 1.807) is 0 Å². The minimum atomic E-state index is 0.408. The fourth-order valence-electron chi connectivity index (χ4n) is 4.58. The summed E-state index contributed by atoms with van der Waals surface area (Å²) in [6.45, 7) is 3.11. The summed E-state index contributed by atoms with van der Waals surface area (Å²) in [4.78, 5) is 14.7. The van der Waals surface area contributed by atoms with Crippen LogP contribution in [0.25, 0.3) is 0 Å². The van der Waals surface area contributed by atoms with Crippen LogP contribution < -0.4 is 0 Å². The molecule has 1 aliphatic heterocycles. The Morgan fingerprint density at radius 3 is 2.16 bits per heavy atom. The molecule has 19 heavy (non-hydrogen) atoms. The number of ketones is 1. The fourth-order valence-corrected chi connectivity index (χ4v) is 4.58. The Morgan fingerprint density at radius 1 is 0.895 bits per heavy atom. The van der Waals surface area contributed by atoms with Gasteiger partial charge in [0, 0.05) is 5.92 Å². The molecule has 2 aliphatic carbocycles. The number of nitrogens with zero attached hydrogens (tertiary/aromatic N) is 1. The zero-order valence-corrected chi connectivity index (χ0v) is 12.3. The van der Waals surface area contributed by atoms with Gasteiger partial charge in [-0.15, -0.1) is 0 Å². The van der Waals surface area contributed by atoms with Crippen molar-refractivity contribution in [2.24, 2.45) is 11.3 Å². The molecule has 3 fully saturated rings. The molecule has 2 saturated carbocycles. The highest BCUT2D eigenvalue weighted by molar-refractivity contribution is 5.83. The van der Waals surface area contributed by atoms with Gasteiger partial charge in [-0.2, -0.15) is 0 Å². The lowest BCUT2D eigenvalue weighted by Crippen LogP contribution is -2.43. The van der Waals surface area contributed by atoms with Gasteiger partial charge in [-0.05, 0) is 57.0 Å². The second-order valence-electron chi connectivity index (χ2n) is 7.28. The Kier molecular flexibility index (Phi) is 4.26. The molecule has 3 aliphatic rings. The van der Waals surface area contributed by atoms with Crippen LogP contribution in [0.1, 0.15) is 70.6 Å². The summed E-state index contributed by atoms with van der Waals surface area (Å²) in [5.74, 6) is 0.947. The number of piperidine rings is 1. The zero-order valence-electron chi connectivity index (χ0n) is 12.3. The molecule has 2 heteroatoms. The van der Waals surface area contributed by atoms with Crippen LogP contribution in [0.4, 0.5) is 0 Å². The summed E-state index contributed by atoms with van der Waals surface area (Å²) in [5.41, 5.74) is 0.672. The molecule has 0 amide bonds. The van der Waals surface area contributed by atoms with Crippen molar-refractivity contribution in [1.29, 1.82) is 0 Å². The monoisotopic (exact) mass is 263 g/mol. The maximum Gasteiger partial charge on any atom is 0.149 e. The van der Waals surface area contributed by atoms with Crippen LogP contribution in [0, 0.1) is 11.3 Å². The van der Waals surface area contributed by atoms with E-state index in [1.165, 1.54) is 70.9 Å². The van der Waals surface area contributed by atoms with Gasteiger partial charge in [-0.25, -0.2) is 0 Å². The number of likely N-dealkylation sites (tertiary alicyclic amines) is 1. The normalized spacial score (nSPS) is 28.8. The Morgan fingerprint density at radius 2 is 1.53 bits per heavy atom. The first-order valence-corrected chi connectivity index (χ1v) is 8.53. The molecule has 0 aromatic rings. The summed E-state index contributed by atoms with van der Waals surface area (Å²) in [7, 11) is 0. The highest BCUT2D eigenvalue weighted by atomic mass is 16.1.